The van der Waals surface area contributed by atoms with Gasteiger partial charge in [-0.05, 0) is 27.4 Å². The lowest BCUT2D eigenvalue weighted by atomic mass is 10.4. The number of aliphatic hydroxyl groups is 1. The molecule has 0 aromatic heterocycles. The maximum absolute atomic E-state index is 8.47. The standard InChI is InChI=1S/C8H19NO2/c1-8(7-9(2)3)11-6-4-5-10/h8,10H,4-7H2,1-3H3. The number of hydrogen-bond donors (Lipinski definition) is 1. The van der Waals surface area contributed by atoms with Gasteiger partial charge in [-0.1, -0.05) is 0 Å². The van der Waals surface area contributed by atoms with Crippen LogP contribution in [0, 0.1) is 0 Å². The van der Waals surface area contributed by atoms with Crippen LogP contribution in [-0.4, -0.2) is 50.0 Å². The average molecular weight is 161 g/mol. The van der Waals surface area contributed by atoms with E-state index >= 15 is 0 Å². The number of ether oxygens (including phenoxy) is 1. The summed E-state index contributed by atoms with van der Waals surface area (Å²) in [5.41, 5.74) is 0. The maximum atomic E-state index is 8.47. The van der Waals surface area contributed by atoms with Gasteiger partial charge in [-0.2, -0.15) is 0 Å². The molecule has 0 saturated heterocycles. The van der Waals surface area contributed by atoms with E-state index in [1.165, 1.54) is 0 Å². The van der Waals surface area contributed by atoms with Crippen molar-refractivity contribution in [2.24, 2.45) is 0 Å². The second kappa shape index (κ2) is 6.58. The lowest BCUT2D eigenvalue weighted by Gasteiger charge is -2.17. The minimum absolute atomic E-state index is 0.217. The van der Waals surface area contributed by atoms with Gasteiger partial charge in [0, 0.05) is 19.8 Å². The molecule has 0 aliphatic carbocycles. The predicted octanol–water partition coefficient (Wildman–Crippen LogP) is 0.336. The summed E-state index contributed by atoms with van der Waals surface area (Å²) in [4.78, 5) is 2.09. The first kappa shape index (κ1) is 10.9. The molecule has 3 nitrogen and oxygen atoms in total. The zero-order valence-electron chi connectivity index (χ0n) is 7.71. The fourth-order valence-electron chi connectivity index (χ4n) is 0.916. The van der Waals surface area contributed by atoms with Gasteiger partial charge in [0.2, 0.25) is 0 Å². The van der Waals surface area contributed by atoms with E-state index in [1.807, 2.05) is 21.0 Å². The molecule has 0 heterocycles. The molecule has 1 atom stereocenters. The maximum Gasteiger partial charge on any atom is 0.0673 e. The highest BCUT2D eigenvalue weighted by atomic mass is 16.5. The first-order valence-corrected chi connectivity index (χ1v) is 4.04. The Hall–Kier alpha value is -0.120. The molecule has 0 aromatic carbocycles. The largest absolute Gasteiger partial charge is 0.396 e. The van der Waals surface area contributed by atoms with Crippen LogP contribution in [0.25, 0.3) is 0 Å². The van der Waals surface area contributed by atoms with Crippen LogP contribution >= 0.6 is 0 Å². The molecule has 0 fully saturated rings. The fraction of sp³-hybridized carbons (Fsp3) is 1.00. The summed E-state index contributed by atoms with van der Waals surface area (Å²) in [5.74, 6) is 0. The van der Waals surface area contributed by atoms with E-state index in [-0.39, 0.29) is 12.7 Å². The fourth-order valence-corrected chi connectivity index (χ4v) is 0.916. The number of aliphatic hydroxyl groups excluding tert-OH is 1. The summed E-state index contributed by atoms with van der Waals surface area (Å²) in [5, 5.41) is 8.47. The molecular weight excluding hydrogens is 142 g/mol. The highest BCUT2D eigenvalue weighted by Crippen LogP contribution is 1.93. The van der Waals surface area contributed by atoms with E-state index in [4.69, 9.17) is 9.84 Å². The molecular formula is C8H19NO2. The average Bonchev–Trinajstić information content (AvgIpc) is 1.86. The van der Waals surface area contributed by atoms with E-state index in [2.05, 4.69) is 4.90 Å². The highest BCUT2D eigenvalue weighted by molar-refractivity contribution is 4.53. The van der Waals surface area contributed by atoms with Crippen molar-refractivity contribution in [3.63, 3.8) is 0 Å². The van der Waals surface area contributed by atoms with Crippen LogP contribution in [0.5, 0.6) is 0 Å². The van der Waals surface area contributed by atoms with Crippen molar-refractivity contribution in [1.29, 1.82) is 0 Å². The quantitative estimate of drug-likeness (QED) is 0.570. The van der Waals surface area contributed by atoms with Crippen LogP contribution in [0.2, 0.25) is 0 Å². The Morgan fingerprint density at radius 2 is 2.09 bits per heavy atom. The summed E-state index contributed by atoms with van der Waals surface area (Å²) in [6.07, 6.45) is 0.995. The van der Waals surface area contributed by atoms with Crippen molar-refractivity contribution < 1.29 is 9.84 Å². The summed E-state index contributed by atoms with van der Waals surface area (Å²) >= 11 is 0. The van der Waals surface area contributed by atoms with E-state index in [0.717, 1.165) is 13.0 Å². The second-order valence-corrected chi connectivity index (χ2v) is 3.02. The number of hydrogen-bond acceptors (Lipinski definition) is 3. The van der Waals surface area contributed by atoms with Crippen LogP contribution in [0.15, 0.2) is 0 Å². The van der Waals surface area contributed by atoms with Crippen LogP contribution in [0.1, 0.15) is 13.3 Å². The Kier molecular flexibility index (Phi) is 6.51. The molecule has 3 heteroatoms. The first-order valence-electron chi connectivity index (χ1n) is 4.04. The Balaban J connectivity index is 3.15. The third kappa shape index (κ3) is 7.78. The predicted molar refractivity (Wildman–Crippen MR) is 45.7 cm³/mol. The third-order valence-corrected chi connectivity index (χ3v) is 1.33. The van der Waals surface area contributed by atoms with Crippen LogP contribution in [-0.2, 0) is 4.74 Å². The molecule has 0 saturated carbocycles. The first-order chi connectivity index (χ1) is 5.16. The van der Waals surface area contributed by atoms with E-state index in [1.54, 1.807) is 0 Å². The molecule has 11 heavy (non-hydrogen) atoms. The minimum Gasteiger partial charge on any atom is -0.396 e. The van der Waals surface area contributed by atoms with Crippen molar-refractivity contribution in [1.82, 2.24) is 4.90 Å². The van der Waals surface area contributed by atoms with Crippen molar-refractivity contribution >= 4 is 0 Å². The van der Waals surface area contributed by atoms with Crippen molar-refractivity contribution in [3.8, 4) is 0 Å². The molecule has 0 rings (SSSR count). The minimum atomic E-state index is 0.217. The molecule has 0 bridgehead atoms. The van der Waals surface area contributed by atoms with Crippen LogP contribution in [0.4, 0.5) is 0 Å². The van der Waals surface area contributed by atoms with Crippen molar-refractivity contribution in [3.05, 3.63) is 0 Å². The second-order valence-electron chi connectivity index (χ2n) is 3.02. The van der Waals surface area contributed by atoms with Gasteiger partial charge in [-0.15, -0.1) is 0 Å². The lowest BCUT2D eigenvalue weighted by molar-refractivity contribution is 0.0400. The van der Waals surface area contributed by atoms with Gasteiger partial charge in [0.1, 0.15) is 0 Å². The SMILES string of the molecule is CC(CN(C)C)OCCCO. The van der Waals surface area contributed by atoms with Crippen LogP contribution in [0.3, 0.4) is 0 Å². The Bertz CT molecular complexity index is 86.2. The smallest absolute Gasteiger partial charge is 0.0673 e. The van der Waals surface area contributed by atoms with Gasteiger partial charge in [-0.25, -0.2) is 0 Å². The van der Waals surface area contributed by atoms with Crippen molar-refractivity contribution in [2.45, 2.75) is 19.4 Å². The third-order valence-electron chi connectivity index (χ3n) is 1.33. The molecule has 1 unspecified atom stereocenters. The van der Waals surface area contributed by atoms with Gasteiger partial charge in [0.25, 0.3) is 0 Å². The highest BCUT2D eigenvalue weighted by Gasteiger charge is 2.01. The molecule has 0 spiro atoms. The van der Waals surface area contributed by atoms with Gasteiger partial charge in [-0.3, -0.25) is 0 Å². The van der Waals surface area contributed by atoms with E-state index in [0.29, 0.717) is 6.61 Å². The lowest BCUT2D eigenvalue weighted by Crippen LogP contribution is -2.26. The van der Waals surface area contributed by atoms with Gasteiger partial charge in [0.05, 0.1) is 6.10 Å². The van der Waals surface area contributed by atoms with E-state index in [9.17, 15) is 0 Å². The summed E-state index contributed by atoms with van der Waals surface area (Å²) in [6, 6.07) is 0. The molecule has 0 amide bonds. The summed E-state index contributed by atoms with van der Waals surface area (Å²) in [6.45, 7) is 3.85. The molecule has 68 valence electrons. The summed E-state index contributed by atoms with van der Waals surface area (Å²) in [7, 11) is 4.04. The molecule has 0 aliphatic heterocycles. The zero-order valence-corrected chi connectivity index (χ0v) is 7.71. The van der Waals surface area contributed by atoms with E-state index < -0.39 is 0 Å². The van der Waals surface area contributed by atoms with Gasteiger partial charge >= 0.3 is 0 Å². The summed E-state index contributed by atoms with van der Waals surface area (Å²) < 4.78 is 5.39. The molecule has 0 aliphatic rings. The monoisotopic (exact) mass is 161 g/mol. The Morgan fingerprint density at radius 3 is 2.55 bits per heavy atom. The Morgan fingerprint density at radius 1 is 1.45 bits per heavy atom. The Labute approximate surface area is 69.0 Å². The normalized spacial score (nSPS) is 13.9. The molecule has 1 N–H and O–H groups in total. The number of likely N-dealkylation sites (N-methyl/N-ethyl adjacent to an activating group) is 1. The number of rotatable bonds is 6. The van der Waals surface area contributed by atoms with Crippen LogP contribution < -0.4 is 0 Å². The molecule has 0 aromatic rings. The van der Waals surface area contributed by atoms with Crippen molar-refractivity contribution in [2.75, 3.05) is 33.9 Å². The number of nitrogens with zero attached hydrogens (tertiary/aromatic N) is 1. The van der Waals surface area contributed by atoms with Gasteiger partial charge in [0.15, 0.2) is 0 Å². The topological polar surface area (TPSA) is 32.7 Å². The molecule has 0 radical (unpaired) electrons. The zero-order chi connectivity index (χ0) is 8.69. The van der Waals surface area contributed by atoms with Gasteiger partial charge < -0.3 is 14.7 Å².